The number of hydrogen-bond donors (Lipinski definition) is 0. The van der Waals surface area contributed by atoms with E-state index in [4.69, 9.17) is 9.47 Å². The number of carbonyl (C=O) groups is 3. The number of ketones is 1. The fourth-order valence-electron chi connectivity index (χ4n) is 3.34. The molecule has 0 amide bonds. The van der Waals surface area contributed by atoms with E-state index in [2.05, 4.69) is 15.0 Å². The van der Waals surface area contributed by atoms with Crippen LogP contribution in [-0.4, -0.2) is 57.5 Å². The number of ether oxygens (including phenoxy) is 3. The van der Waals surface area contributed by atoms with Crippen LogP contribution in [0.2, 0.25) is 0 Å². The van der Waals surface area contributed by atoms with Gasteiger partial charge >= 0.3 is 11.9 Å². The van der Waals surface area contributed by atoms with Crippen molar-refractivity contribution in [1.82, 2.24) is 15.0 Å². The first-order chi connectivity index (χ1) is 17.0. The van der Waals surface area contributed by atoms with Gasteiger partial charge in [0, 0.05) is 6.07 Å². The highest BCUT2D eigenvalue weighted by Crippen LogP contribution is 2.27. The molecule has 3 aromatic rings. The second-order valence-electron chi connectivity index (χ2n) is 8.57. The lowest BCUT2D eigenvalue weighted by Crippen LogP contribution is -2.27. The predicted molar refractivity (Wildman–Crippen MR) is 125 cm³/mol. The van der Waals surface area contributed by atoms with E-state index in [1.807, 2.05) is 0 Å². The number of carbonyl (C=O) groups excluding carboxylic acids is 3. The van der Waals surface area contributed by atoms with Crippen LogP contribution in [0, 0.1) is 10.1 Å². The Bertz CT molecular complexity index is 1320. The van der Waals surface area contributed by atoms with Crippen LogP contribution >= 0.6 is 0 Å². The zero-order valence-corrected chi connectivity index (χ0v) is 20.3. The largest absolute Gasteiger partial charge is 0.497 e. The van der Waals surface area contributed by atoms with Crippen molar-refractivity contribution in [1.29, 1.82) is 0 Å². The Balaban J connectivity index is 2.18. The first kappa shape index (κ1) is 26.0. The normalized spacial score (nSPS) is 11.0. The van der Waals surface area contributed by atoms with Crippen LogP contribution in [0.25, 0.3) is 0 Å². The van der Waals surface area contributed by atoms with E-state index in [0.29, 0.717) is 11.3 Å². The van der Waals surface area contributed by atoms with E-state index in [1.165, 1.54) is 19.2 Å². The lowest BCUT2D eigenvalue weighted by Gasteiger charge is -2.20. The van der Waals surface area contributed by atoms with E-state index < -0.39 is 45.2 Å². The molecule has 188 valence electrons. The molecule has 0 fully saturated rings. The maximum atomic E-state index is 13.6. The van der Waals surface area contributed by atoms with Crippen molar-refractivity contribution in [2.24, 2.45) is 0 Å². The number of nitro benzene ring substituents is 1. The molecular formula is C24H24N4O8. The Kier molecular flexibility index (Phi) is 7.47. The molecule has 0 saturated carbocycles. The van der Waals surface area contributed by atoms with Crippen LogP contribution in [0.15, 0.2) is 42.5 Å². The van der Waals surface area contributed by atoms with E-state index >= 15 is 0 Å². The number of nitrogens with zero attached hydrogens (tertiary/aromatic N) is 4. The second kappa shape index (κ2) is 10.3. The molecule has 0 saturated heterocycles. The molecule has 0 N–H and O–H groups in total. The van der Waals surface area contributed by atoms with Gasteiger partial charge < -0.3 is 14.2 Å². The van der Waals surface area contributed by atoms with Gasteiger partial charge in [0.2, 0.25) is 5.78 Å². The SMILES string of the molecule is COC(=O)c1cccc([N+](=O)[O-])c1C(=O)c1nnn(Cc2ccc(OC)cc2)c1C(=O)OC(C)(C)C. The smallest absolute Gasteiger partial charge is 0.359 e. The van der Waals surface area contributed by atoms with E-state index in [0.717, 1.165) is 17.9 Å². The molecule has 12 nitrogen and oxygen atoms in total. The molecule has 2 aromatic carbocycles. The molecule has 0 bridgehead atoms. The van der Waals surface area contributed by atoms with Crippen molar-refractivity contribution < 1.29 is 33.5 Å². The van der Waals surface area contributed by atoms with Crippen LogP contribution in [-0.2, 0) is 16.0 Å². The zero-order chi connectivity index (χ0) is 26.6. The molecule has 0 spiro atoms. The third-order valence-corrected chi connectivity index (χ3v) is 4.91. The zero-order valence-electron chi connectivity index (χ0n) is 20.3. The minimum absolute atomic E-state index is 0.0274. The van der Waals surface area contributed by atoms with Crippen LogP contribution in [0.1, 0.15) is 63.2 Å². The summed E-state index contributed by atoms with van der Waals surface area (Å²) in [6.45, 7) is 4.95. The molecule has 3 rings (SSSR count). The van der Waals surface area contributed by atoms with E-state index in [-0.39, 0.29) is 17.8 Å². The van der Waals surface area contributed by atoms with Gasteiger partial charge in [0.25, 0.3) is 5.69 Å². The van der Waals surface area contributed by atoms with Crippen molar-refractivity contribution in [3.8, 4) is 5.75 Å². The van der Waals surface area contributed by atoms with E-state index in [9.17, 15) is 24.5 Å². The lowest BCUT2D eigenvalue weighted by atomic mass is 9.98. The van der Waals surface area contributed by atoms with Crippen molar-refractivity contribution in [2.45, 2.75) is 32.9 Å². The van der Waals surface area contributed by atoms with Gasteiger partial charge in [0.1, 0.15) is 16.9 Å². The maximum Gasteiger partial charge on any atom is 0.359 e. The summed E-state index contributed by atoms with van der Waals surface area (Å²) in [6.07, 6.45) is 0. The fraction of sp³-hybridized carbons (Fsp3) is 0.292. The standard InChI is InChI=1S/C24H24N4O8/c1-24(2,3)36-23(31)20-19(25-26-27(20)13-14-9-11-15(34-4)12-10-14)21(29)18-16(22(30)35-5)7-6-8-17(18)28(32)33/h6-12H,13H2,1-5H3. The molecule has 1 heterocycles. The third-order valence-electron chi connectivity index (χ3n) is 4.91. The predicted octanol–water partition coefficient (Wildman–Crippen LogP) is 3.22. The summed E-state index contributed by atoms with van der Waals surface area (Å²) in [6, 6.07) is 10.4. The van der Waals surface area contributed by atoms with Gasteiger partial charge in [-0.2, -0.15) is 0 Å². The number of hydrogen-bond acceptors (Lipinski definition) is 10. The van der Waals surface area contributed by atoms with Crippen LogP contribution in [0.4, 0.5) is 5.69 Å². The summed E-state index contributed by atoms with van der Waals surface area (Å²) in [4.78, 5) is 49.9. The highest BCUT2D eigenvalue weighted by atomic mass is 16.6. The summed E-state index contributed by atoms with van der Waals surface area (Å²) in [5.74, 6) is -2.31. The molecule has 0 aliphatic heterocycles. The summed E-state index contributed by atoms with van der Waals surface area (Å²) >= 11 is 0. The molecule has 1 aromatic heterocycles. The second-order valence-corrected chi connectivity index (χ2v) is 8.57. The summed E-state index contributed by atoms with van der Waals surface area (Å²) in [5.41, 5.74) is -2.62. The first-order valence-electron chi connectivity index (χ1n) is 10.7. The topological polar surface area (TPSA) is 153 Å². The Hall–Kier alpha value is -4.61. The van der Waals surface area contributed by atoms with Gasteiger partial charge in [-0.1, -0.05) is 23.4 Å². The maximum absolute atomic E-state index is 13.6. The molecule has 0 radical (unpaired) electrons. The number of esters is 2. The average molecular weight is 496 g/mol. The van der Waals surface area contributed by atoms with Gasteiger partial charge in [-0.25, -0.2) is 14.3 Å². The number of rotatable bonds is 8. The minimum Gasteiger partial charge on any atom is -0.497 e. The van der Waals surface area contributed by atoms with Gasteiger partial charge in [-0.05, 0) is 44.5 Å². The van der Waals surface area contributed by atoms with Crippen LogP contribution in [0.3, 0.4) is 0 Å². The first-order valence-corrected chi connectivity index (χ1v) is 10.7. The molecule has 0 atom stereocenters. The molecule has 12 heteroatoms. The highest BCUT2D eigenvalue weighted by Gasteiger charge is 2.35. The molecule has 0 aliphatic rings. The van der Waals surface area contributed by atoms with Crippen molar-refractivity contribution >= 4 is 23.4 Å². The van der Waals surface area contributed by atoms with Gasteiger partial charge in [0.15, 0.2) is 11.4 Å². The lowest BCUT2D eigenvalue weighted by molar-refractivity contribution is -0.385. The molecule has 0 unspecified atom stereocenters. The number of benzene rings is 2. The van der Waals surface area contributed by atoms with Gasteiger partial charge in [-0.15, -0.1) is 5.10 Å². The summed E-state index contributed by atoms with van der Waals surface area (Å²) in [5, 5.41) is 19.5. The number of aromatic nitrogens is 3. The number of nitro groups is 1. The molecular weight excluding hydrogens is 472 g/mol. The Morgan fingerprint density at radius 1 is 1.03 bits per heavy atom. The Morgan fingerprint density at radius 3 is 2.25 bits per heavy atom. The third kappa shape index (κ3) is 5.54. The Labute approximate surface area is 205 Å². The number of methoxy groups -OCH3 is 2. The van der Waals surface area contributed by atoms with Crippen molar-refractivity contribution in [2.75, 3.05) is 14.2 Å². The summed E-state index contributed by atoms with van der Waals surface area (Å²) in [7, 11) is 2.60. The quantitative estimate of drug-likeness (QED) is 0.197. The average Bonchev–Trinajstić information content (AvgIpc) is 3.25. The van der Waals surface area contributed by atoms with Crippen molar-refractivity contribution in [3.05, 3.63) is 80.7 Å². The Morgan fingerprint density at radius 2 is 1.69 bits per heavy atom. The van der Waals surface area contributed by atoms with Gasteiger partial charge in [0.05, 0.1) is 31.3 Å². The van der Waals surface area contributed by atoms with Crippen LogP contribution < -0.4 is 4.74 Å². The van der Waals surface area contributed by atoms with E-state index in [1.54, 1.807) is 45.0 Å². The fourth-order valence-corrected chi connectivity index (χ4v) is 3.34. The van der Waals surface area contributed by atoms with Crippen molar-refractivity contribution in [3.63, 3.8) is 0 Å². The van der Waals surface area contributed by atoms with Crippen LogP contribution in [0.5, 0.6) is 5.75 Å². The minimum atomic E-state index is -1.05. The molecule has 0 aliphatic carbocycles. The van der Waals surface area contributed by atoms with Gasteiger partial charge in [-0.3, -0.25) is 14.9 Å². The highest BCUT2D eigenvalue weighted by molar-refractivity contribution is 6.18. The monoisotopic (exact) mass is 496 g/mol. The summed E-state index contributed by atoms with van der Waals surface area (Å²) < 4.78 is 16.5. The molecule has 36 heavy (non-hydrogen) atoms.